The molecule has 0 spiro atoms. The van der Waals surface area contributed by atoms with Crippen LogP contribution in [0.4, 0.5) is 4.79 Å². The molecule has 0 aromatic heterocycles. The van der Waals surface area contributed by atoms with Crippen molar-refractivity contribution in [3.63, 3.8) is 0 Å². The molecule has 22 heavy (non-hydrogen) atoms. The average Bonchev–Trinajstić information content (AvgIpc) is 2.70. The summed E-state index contributed by atoms with van der Waals surface area (Å²) in [5, 5.41) is 22.4. The summed E-state index contributed by atoms with van der Waals surface area (Å²) in [5.74, 6) is -2.11. The number of aliphatic carboxylic acids is 1. The molecule has 1 fully saturated rings. The van der Waals surface area contributed by atoms with E-state index >= 15 is 0 Å². The first-order chi connectivity index (χ1) is 10.4. The second-order valence-electron chi connectivity index (χ2n) is 4.41. The highest BCUT2D eigenvalue weighted by Crippen LogP contribution is 2.28. The second kappa shape index (κ2) is 6.17. The molecule has 8 heteroatoms. The molecule has 0 saturated carbocycles. The van der Waals surface area contributed by atoms with Crippen molar-refractivity contribution in [3.8, 4) is 11.5 Å². The number of amides is 3. The van der Waals surface area contributed by atoms with Crippen molar-refractivity contribution in [2.75, 3.05) is 13.2 Å². The monoisotopic (exact) mass is 305 g/mol. The Kier molecular flexibility index (Phi) is 4.31. The summed E-state index contributed by atoms with van der Waals surface area (Å²) in [6.45, 7) is 1.29. The molecule has 0 bridgehead atoms. The third-order valence-electron chi connectivity index (χ3n) is 2.84. The molecule has 1 aliphatic rings. The third-order valence-corrected chi connectivity index (χ3v) is 2.84. The fraction of sp³-hybridized carbons (Fsp3) is 0.214. The van der Waals surface area contributed by atoms with Gasteiger partial charge in [-0.05, 0) is 30.7 Å². The van der Waals surface area contributed by atoms with Crippen LogP contribution in [-0.2, 0) is 9.59 Å². The zero-order chi connectivity index (χ0) is 16.3. The fourth-order valence-corrected chi connectivity index (χ4v) is 1.90. The van der Waals surface area contributed by atoms with E-state index in [0.717, 1.165) is 0 Å². The number of ether oxygens (including phenoxy) is 1. The summed E-state index contributed by atoms with van der Waals surface area (Å²) in [4.78, 5) is 34.5. The molecule has 0 radical (unpaired) electrons. The number of carbonyl (C=O) groups is 3. The molecule has 0 aliphatic carbocycles. The van der Waals surface area contributed by atoms with Gasteiger partial charge < -0.3 is 25.1 Å². The summed E-state index contributed by atoms with van der Waals surface area (Å²) in [5.41, 5.74) is 0.430. The lowest BCUT2D eigenvalue weighted by Crippen LogP contribution is -2.41. The Balaban J connectivity index is 2.26. The predicted molar refractivity (Wildman–Crippen MR) is 72.5 cm³/mol. The van der Waals surface area contributed by atoms with Gasteiger partial charge in [-0.2, -0.15) is 0 Å². The molecule has 1 aromatic rings. The quantitative estimate of drug-likeness (QED) is 0.555. The number of phenols is 1. The number of phenolic OH excluding ortho intramolecular Hbond substituents is 1. The van der Waals surface area contributed by atoms with E-state index in [1.165, 1.54) is 24.3 Å². The Morgan fingerprint density at radius 2 is 2.18 bits per heavy atom. The van der Waals surface area contributed by atoms with Crippen LogP contribution in [0.15, 0.2) is 23.9 Å². The first-order valence-corrected chi connectivity index (χ1v) is 6.42. The lowest BCUT2D eigenvalue weighted by molar-refractivity contribution is -0.305. The van der Waals surface area contributed by atoms with Crippen molar-refractivity contribution < 1.29 is 29.3 Å². The van der Waals surface area contributed by atoms with E-state index in [4.69, 9.17) is 4.74 Å². The van der Waals surface area contributed by atoms with Crippen LogP contribution in [0.1, 0.15) is 12.5 Å². The maximum atomic E-state index is 11.9. The number of rotatable bonds is 5. The fourth-order valence-electron chi connectivity index (χ4n) is 1.90. The van der Waals surface area contributed by atoms with E-state index < -0.39 is 24.5 Å². The molecular formula is C14H13N2O6-. The molecule has 0 unspecified atom stereocenters. The van der Waals surface area contributed by atoms with Gasteiger partial charge in [-0.1, -0.05) is 6.07 Å². The zero-order valence-electron chi connectivity index (χ0n) is 11.7. The summed E-state index contributed by atoms with van der Waals surface area (Å²) in [6, 6.07) is 3.57. The predicted octanol–water partition coefficient (Wildman–Crippen LogP) is -0.566. The van der Waals surface area contributed by atoms with Gasteiger partial charge in [0.1, 0.15) is 5.70 Å². The Bertz CT molecular complexity index is 667. The molecule has 116 valence electrons. The number of nitrogens with zero attached hydrogens (tertiary/aromatic N) is 1. The van der Waals surface area contributed by atoms with Gasteiger partial charge in [0.05, 0.1) is 19.1 Å². The highest BCUT2D eigenvalue weighted by molar-refractivity contribution is 6.15. The first kappa shape index (κ1) is 15.4. The Labute approximate surface area is 125 Å². The third kappa shape index (κ3) is 3.17. The lowest BCUT2D eigenvalue weighted by Gasteiger charge is -2.11. The number of hydrogen-bond donors (Lipinski definition) is 2. The van der Waals surface area contributed by atoms with E-state index in [1.807, 2.05) is 0 Å². The minimum Gasteiger partial charge on any atom is -0.548 e. The zero-order valence-corrected chi connectivity index (χ0v) is 11.7. The van der Waals surface area contributed by atoms with E-state index in [0.29, 0.717) is 17.1 Å². The first-order valence-electron chi connectivity index (χ1n) is 6.42. The molecule has 2 rings (SSSR count). The Hall–Kier alpha value is -3.03. The SMILES string of the molecule is CCOc1cc(/C=C2/NC(=O)N(CC(=O)[O-])C2=O)ccc1O. The molecule has 1 aromatic carbocycles. The summed E-state index contributed by atoms with van der Waals surface area (Å²) in [7, 11) is 0. The summed E-state index contributed by atoms with van der Waals surface area (Å²) < 4.78 is 5.22. The minimum absolute atomic E-state index is 0.0515. The highest BCUT2D eigenvalue weighted by Gasteiger charge is 2.33. The van der Waals surface area contributed by atoms with Gasteiger partial charge in [0, 0.05) is 0 Å². The van der Waals surface area contributed by atoms with E-state index in [-0.39, 0.29) is 17.2 Å². The van der Waals surface area contributed by atoms with Gasteiger partial charge in [0.15, 0.2) is 11.5 Å². The van der Waals surface area contributed by atoms with E-state index in [2.05, 4.69) is 5.32 Å². The number of benzene rings is 1. The van der Waals surface area contributed by atoms with Crippen LogP contribution in [0.3, 0.4) is 0 Å². The molecule has 1 saturated heterocycles. The van der Waals surface area contributed by atoms with Gasteiger partial charge in [0.25, 0.3) is 5.91 Å². The number of hydrogen-bond acceptors (Lipinski definition) is 6. The van der Waals surface area contributed by atoms with Crippen molar-refractivity contribution in [2.45, 2.75) is 6.92 Å². The number of aromatic hydroxyl groups is 1. The van der Waals surface area contributed by atoms with Crippen LogP contribution in [0.25, 0.3) is 6.08 Å². The summed E-state index contributed by atoms with van der Waals surface area (Å²) >= 11 is 0. The van der Waals surface area contributed by atoms with Crippen LogP contribution in [-0.4, -0.2) is 41.1 Å². The summed E-state index contributed by atoms with van der Waals surface area (Å²) in [6.07, 6.45) is 1.36. The van der Waals surface area contributed by atoms with Crippen molar-refractivity contribution in [1.29, 1.82) is 0 Å². The minimum atomic E-state index is -1.53. The highest BCUT2D eigenvalue weighted by atomic mass is 16.5. The number of urea groups is 1. The van der Waals surface area contributed by atoms with Crippen LogP contribution >= 0.6 is 0 Å². The second-order valence-corrected chi connectivity index (χ2v) is 4.41. The molecular weight excluding hydrogens is 292 g/mol. The smallest absolute Gasteiger partial charge is 0.329 e. The molecule has 3 amide bonds. The van der Waals surface area contributed by atoms with E-state index in [9.17, 15) is 24.6 Å². The number of nitrogens with one attached hydrogen (secondary N) is 1. The van der Waals surface area contributed by atoms with Gasteiger partial charge in [-0.3, -0.25) is 9.69 Å². The molecule has 1 aliphatic heterocycles. The van der Waals surface area contributed by atoms with Crippen LogP contribution in [0.5, 0.6) is 11.5 Å². The van der Waals surface area contributed by atoms with Crippen LogP contribution in [0, 0.1) is 0 Å². The standard InChI is InChI=1S/C14H14N2O6/c1-2-22-11-6-8(3-4-10(11)17)5-9-13(20)16(7-12(18)19)14(21)15-9/h3-6,17H,2,7H2,1H3,(H,15,21)(H,18,19)/p-1/b9-5+. The molecule has 2 N–H and O–H groups in total. The van der Waals surface area contributed by atoms with Crippen molar-refractivity contribution in [2.24, 2.45) is 0 Å². The van der Waals surface area contributed by atoms with E-state index in [1.54, 1.807) is 6.92 Å². The number of imide groups is 1. The number of carbonyl (C=O) groups excluding carboxylic acids is 3. The van der Waals surface area contributed by atoms with Crippen molar-refractivity contribution >= 4 is 24.0 Å². The van der Waals surface area contributed by atoms with Crippen LogP contribution in [0.2, 0.25) is 0 Å². The van der Waals surface area contributed by atoms with Gasteiger partial charge in [-0.15, -0.1) is 0 Å². The topological polar surface area (TPSA) is 119 Å². The van der Waals surface area contributed by atoms with Crippen LogP contribution < -0.4 is 15.2 Å². The Morgan fingerprint density at radius 1 is 1.45 bits per heavy atom. The largest absolute Gasteiger partial charge is 0.548 e. The van der Waals surface area contributed by atoms with Crippen molar-refractivity contribution in [1.82, 2.24) is 10.2 Å². The molecule has 1 heterocycles. The number of carboxylic acids is 1. The molecule has 0 atom stereocenters. The number of carboxylic acid groups (broad SMARTS) is 1. The average molecular weight is 305 g/mol. The normalized spacial score (nSPS) is 16.0. The van der Waals surface area contributed by atoms with Gasteiger partial charge >= 0.3 is 6.03 Å². The molecule has 8 nitrogen and oxygen atoms in total. The van der Waals surface area contributed by atoms with Gasteiger partial charge in [-0.25, -0.2) is 4.79 Å². The Morgan fingerprint density at radius 3 is 2.82 bits per heavy atom. The maximum Gasteiger partial charge on any atom is 0.329 e. The lowest BCUT2D eigenvalue weighted by atomic mass is 10.1. The van der Waals surface area contributed by atoms with Crippen molar-refractivity contribution in [3.05, 3.63) is 29.5 Å². The van der Waals surface area contributed by atoms with Gasteiger partial charge in [0.2, 0.25) is 0 Å². The maximum absolute atomic E-state index is 11.9.